The van der Waals surface area contributed by atoms with Crippen LogP contribution in [0.5, 0.6) is 0 Å². The lowest BCUT2D eigenvalue weighted by Gasteiger charge is -2.20. The summed E-state index contributed by atoms with van der Waals surface area (Å²) in [6.07, 6.45) is 84.9. The van der Waals surface area contributed by atoms with E-state index in [4.69, 9.17) is 4.74 Å². The number of carbonyl (C=O) groups is 2. The number of hydrogen-bond acceptors (Lipinski definition) is 5. The Morgan fingerprint density at radius 1 is 0.351 bits per heavy atom. The van der Waals surface area contributed by atoms with Crippen molar-refractivity contribution in [2.24, 2.45) is 0 Å². The monoisotopic (exact) mass is 1080 g/mol. The molecule has 454 valence electrons. The van der Waals surface area contributed by atoms with Crippen molar-refractivity contribution in [3.8, 4) is 0 Å². The van der Waals surface area contributed by atoms with Gasteiger partial charge in [-0.2, -0.15) is 0 Å². The number of esters is 1. The van der Waals surface area contributed by atoms with Gasteiger partial charge in [0.05, 0.1) is 25.4 Å². The lowest BCUT2D eigenvalue weighted by molar-refractivity contribution is -0.143. The average molecular weight is 1080 g/mol. The number of carbonyl (C=O) groups excluding carboxylic acids is 2. The molecule has 0 fully saturated rings. The Labute approximate surface area is 481 Å². The van der Waals surface area contributed by atoms with E-state index in [2.05, 4.69) is 43.5 Å². The van der Waals surface area contributed by atoms with Gasteiger partial charge in [0.2, 0.25) is 5.91 Å². The number of ether oxygens (including phenoxy) is 1. The first-order valence-corrected chi connectivity index (χ1v) is 34.8. The Morgan fingerprint density at radius 3 is 0.922 bits per heavy atom. The van der Waals surface area contributed by atoms with E-state index < -0.39 is 12.1 Å². The van der Waals surface area contributed by atoms with E-state index in [0.29, 0.717) is 19.4 Å². The molecule has 0 bridgehead atoms. The summed E-state index contributed by atoms with van der Waals surface area (Å²) in [6, 6.07) is -0.640. The summed E-state index contributed by atoms with van der Waals surface area (Å²) in [5.74, 6) is -0.0789. The fourth-order valence-electron chi connectivity index (χ4n) is 10.8. The van der Waals surface area contributed by atoms with Crippen LogP contribution in [0.2, 0.25) is 0 Å². The number of unbranched alkanes of at least 4 members (excludes halogenated alkanes) is 50. The molecule has 0 saturated carbocycles. The van der Waals surface area contributed by atoms with Crippen LogP contribution < -0.4 is 5.32 Å². The zero-order chi connectivity index (χ0) is 55.7. The molecule has 1 amide bonds. The predicted octanol–water partition coefficient (Wildman–Crippen LogP) is 22.3. The van der Waals surface area contributed by atoms with Crippen LogP contribution in [0, 0.1) is 0 Å². The van der Waals surface area contributed by atoms with Crippen LogP contribution in [-0.2, 0) is 14.3 Å². The van der Waals surface area contributed by atoms with Gasteiger partial charge in [-0.25, -0.2) is 0 Å². The fraction of sp³-hybridized carbons (Fsp3) is 0.887. The molecule has 0 saturated heterocycles. The van der Waals surface area contributed by atoms with Gasteiger partial charge in [-0.05, 0) is 83.5 Å². The van der Waals surface area contributed by atoms with Crippen molar-refractivity contribution in [2.45, 2.75) is 392 Å². The highest BCUT2D eigenvalue weighted by Gasteiger charge is 2.18. The Kier molecular flexibility index (Phi) is 64.9. The molecule has 2 unspecified atom stereocenters. The van der Waals surface area contributed by atoms with Crippen molar-refractivity contribution in [3.05, 3.63) is 36.5 Å². The second-order valence-electron chi connectivity index (χ2n) is 23.9. The van der Waals surface area contributed by atoms with Crippen LogP contribution in [0.25, 0.3) is 0 Å². The van der Waals surface area contributed by atoms with Gasteiger partial charge < -0.3 is 20.3 Å². The smallest absolute Gasteiger partial charge is 0.305 e. The SMILES string of the molecule is CCCCCCCCC/C=C\CCCCCCCCCC(=O)OCCCCCCCCCCC/C=C\CCCCCCCC(=O)NC(CO)C(O)/C=C/CCCCCCCCCCCCCCCCCCCCCCCC. The van der Waals surface area contributed by atoms with Crippen LogP contribution in [0.4, 0.5) is 0 Å². The number of rotatable bonds is 65. The number of hydrogen-bond donors (Lipinski definition) is 3. The van der Waals surface area contributed by atoms with Crippen LogP contribution in [0.3, 0.4) is 0 Å². The minimum absolute atomic E-state index is 0.0000728. The zero-order valence-corrected chi connectivity index (χ0v) is 52.0. The van der Waals surface area contributed by atoms with Gasteiger partial charge in [-0.1, -0.05) is 320 Å². The Hall–Kier alpha value is -1.92. The van der Waals surface area contributed by atoms with Crippen LogP contribution >= 0.6 is 0 Å². The molecule has 6 nitrogen and oxygen atoms in total. The minimum Gasteiger partial charge on any atom is -0.466 e. The number of nitrogens with one attached hydrogen (secondary N) is 1. The highest BCUT2D eigenvalue weighted by molar-refractivity contribution is 5.76. The molecule has 3 N–H and O–H groups in total. The van der Waals surface area contributed by atoms with E-state index in [-0.39, 0.29) is 18.5 Å². The van der Waals surface area contributed by atoms with Gasteiger partial charge in [0.25, 0.3) is 0 Å². The van der Waals surface area contributed by atoms with Crippen molar-refractivity contribution < 1.29 is 24.5 Å². The standard InChI is InChI=1S/C71H135NO5/c1-3-5-7-9-11-13-15-17-19-21-23-24-25-26-27-28-31-35-39-43-47-51-55-59-63-69(74)68(67-73)72-70(75)64-60-56-52-48-44-40-36-32-29-30-34-38-42-46-50-54-58-62-66-77-71(76)65-61-57-53-49-45-41-37-33-22-20-18-16-14-12-10-8-6-4-2/h20,22,32,36,59,63,68-69,73-74H,3-19,21,23-31,33-35,37-58,60-62,64-67H2,1-2H3,(H,72,75)/b22-20-,36-32-,63-59+. The third-order valence-corrected chi connectivity index (χ3v) is 16.1. The molecule has 0 heterocycles. The molecule has 0 rings (SSSR count). The number of aliphatic hydroxyl groups excluding tert-OH is 2. The molecular weight excluding hydrogens is 947 g/mol. The van der Waals surface area contributed by atoms with Gasteiger partial charge >= 0.3 is 5.97 Å². The quantitative estimate of drug-likeness (QED) is 0.0320. The zero-order valence-electron chi connectivity index (χ0n) is 52.0. The van der Waals surface area contributed by atoms with E-state index in [1.807, 2.05) is 6.08 Å². The van der Waals surface area contributed by atoms with E-state index in [1.165, 1.54) is 295 Å². The summed E-state index contributed by atoms with van der Waals surface area (Å²) in [7, 11) is 0. The van der Waals surface area contributed by atoms with Gasteiger partial charge in [-0.15, -0.1) is 0 Å². The van der Waals surface area contributed by atoms with Gasteiger partial charge in [0.15, 0.2) is 0 Å². The molecule has 77 heavy (non-hydrogen) atoms. The summed E-state index contributed by atoms with van der Waals surface area (Å²) in [5, 5.41) is 23.2. The average Bonchev–Trinajstić information content (AvgIpc) is 3.43. The Balaban J connectivity index is 3.46. The summed E-state index contributed by atoms with van der Waals surface area (Å²) in [6.45, 7) is 4.92. The van der Waals surface area contributed by atoms with E-state index in [0.717, 1.165) is 57.8 Å². The summed E-state index contributed by atoms with van der Waals surface area (Å²) in [4.78, 5) is 24.6. The van der Waals surface area contributed by atoms with Crippen LogP contribution in [0.1, 0.15) is 380 Å². The first kappa shape index (κ1) is 75.1. The van der Waals surface area contributed by atoms with Crippen LogP contribution in [0.15, 0.2) is 36.5 Å². The maximum Gasteiger partial charge on any atom is 0.305 e. The molecule has 0 aliphatic heterocycles. The summed E-state index contributed by atoms with van der Waals surface area (Å²) in [5.41, 5.74) is 0. The molecular formula is C71H135NO5. The first-order valence-electron chi connectivity index (χ1n) is 34.8. The third-order valence-electron chi connectivity index (χ3n) is 16.1. The fourth-order valence-corrected chi connectivity index (χ4v) is 10.8. The van der Waals surface area contributed by atoms with Crippen molar-refractivity contribution >= 4 is 11.9 Å². The molecule has 0 aromatic carbocycles. The maximum absolute atomic E-state index is 12.5. The van der Waals surface area contributed by atoms with Crippen molar-refractivity contribution in [2.75, 3.05) is 13.2 Å². The molecule has 0 aromatic rings. The number of amides is 1. The molecule has 0 aliphatic carbocycles. The summed E-state index contributed by atoms with van der Waals surface area (Å²) >= 11 is 0. The van der Waals surface area contributed by atoms with Gasteiger partial charge in [-0.3, -0.25) is 9.59 Å². The third kappa shape index (κ3) is 63.1. The van der Waals surface area contributed by atoms with Gasteiger partial charge in [0.1, 0.15) is 0 Å². The highest BCUT2D eigenvalue weighted by Crippen LogP contribution is 2.18. The molecule has 2 atom stereocenters. The largest absolute Gasteiger partial charge is 0.466 e. The van der Waals surface area contributed by atoms with Gasteiger partial charge in [0, 0.05) is 12.8 Å². The molecule has 0 aliphatic rings. The molecule has 0 aromatic heterocycles. The highest BCUT2D eigenvalue weighted by atomic mass is 16.5. The van der Waals surface area contributed by atoms with Crippen molar-refractivity contribution in [3.63, 3.8) is 0 Å². The maximum atomic E-state index is 12.5. The van der Waals surface area contributed by atoms with E-state index in [9.17, 15) is 19.8 Å². The molecule has 0 radical (unpaired) electrons. The van der Waals surface area contributed by atoms with Crippen LogP contribution in [-0.4, -0.2) is 47.4 Å². The Bertz CT molecular complexity index is 1250. The van der Waals surface area contributed by atoms with E-state index in [1.54, 1.807) is 6.08 Å². The lowest BCUT2D eigenvalue weighted by atomic mass is 10.0. The normalized spacial score (nSPS) is 12.7. The van der Waals surface area contributed by atoms with Crippen molar-refractivity contribution in [1.82, 2.24) is 5.32 Å². The van der Waals surface area contributed by atoms with E-state index >= 15 is 0 Å². The van der Waals surface area contributed by atoms with Crippen molar-refractivity contribution in [1.29, 1.82) is 0 Å². The molecule has 0 spiro atoms. The number of aliphatic hydroxyl groups is 2. The molecule has 6 heteroatoms. The summed E-state index contributed by atoms with van der Waals surface area (Å²) < 4.78 is 5.49. The minimum atomic E-state index is -0.855. The first-order chi connectivity index (χ1) is 38.0. The Morgan fingerprint density at radius 2 is 0.610 bits per heavy atom. The number of allylic oxidation sites excluding steroid dienone is 5. The topological polar surface area (TPSA) is 95.9 Å². The second kappa shape index (κ2) is 66.6. The second-order valence-corrected chi connectivity index (χ2v) is 23.9. The predicted molar refractivity (Wildman–Crippen MR) is 338 cm³/mol. The lowest BCUT2D eigenvalue weighted by Crippen LogP contribution is -2.45.